The van der Waals surface area contributed by atoms with Gasteiger partial charge in [0.15, 0.2) is 5.82 Å². The van der Waals surface area contributed by atoms with Crippen LogP contribution in [0.4, 0.5) is 0 Å². The van der Waals surface area contributed by atoms with Gasteiger partial charge in [-0.15, -0.1) is 20.4 Å². The van der Waals surface area contributed by atoms with Crippen molar-refractivity contribution in [2.75, 3.05) is 12.3 Å². The van der Waals surface area contributed by atoms with E-state index in [1.165, 1.54) is 0 Å². The number of nitrogens with one attached hydrogen (secondary N) is 1. The minimum Gasteiger partial charge on any atom is -0.351 e. The molecular formula is C12H13N5OS. The number of hydrogen-bond acceptors (Lipinski definition) is 6. The predicted octanol–water partition coefficient (Wildman–Crippen LogP) is 0.902. The highest BCUT2D eigenvalue weighted by atomic mass is 32.1. The van der Waals surface area contributed by atoms with Crippen molar-refractivity contribution in [3.05, 3.63) is 35.7 Å². The summed E-state index contributed by atoms with van der Waals surface area (Å²) in [6.45, 7) is 2.26. The van der Waals surface area contributed by atoms with Crippen LogP contribution in [0.3, 0.4) is 0 Å². The zero-order chi connectivity index (χ0) is 13.7. The molecule has 0 saturated heterocycles. The maximum absolute atomic E-state index is 11.7. The van der Waals surface area contributed by atoms with Crippen LogP contribution in [-0.2, 0) is 0 Å². The second kappa shape index (κ2) is 6.24. The fraction of sp³-hybridized carbons (Fsp3) is 0.250. The fourth-order valence-electron chi connectivity index (χ4n) is 1.44. The van der Waals surface area contributed by atoms with Crippen molar-refractivity contribution >= 4 is 18.5 Å². The highest BCUT2D eigenvalue weighted by molar-refractivity contribution is 7.80. The van der Waals surface area contributed by atoms with Gasteiger partial charge in [0, 0.05) is 23.4 Å². The fourth-order valence-corrected chi connectivity index (χ4v) is 1.55. The number of nitrogens with zero attached hydrogens (tertiary/aromatic N) is 4. The van der Waals surface area contributed by atoms with Crippen LogP contribution in [0.5, 0.6) is 0 Å². The lowest BCUT2D eigenvalue weighted by molar-refractivity contribution is 0.0956. The number of aromatic nitrogens is 4. The van der Waals surface area contributed by atoms with Gasteiger partial charge in [0.05, 0.1) is 0 Å². The normalized spacial score (nSPS) is 10.2. The van der Waals surface area contributed by atoms with Gasteiger partial charge < -0.3 is 5.32 Å². The first-order chi connectivity index (χ1) is 9.20. The molecule has 1 N–H and O–H groups in total. The summed E-state index contributed by atoms with van der Waals surface area (Å²) in [5, 5.41) is 18.3. The number of aryl methyl sites for hydroxylation is 1. The van der Waals surface area contributed by atoms with Gasteiger partial charge in [-0.05, 0) is 19.1 Å². The molecule has 0 spiro atoms. The zero-order valence-electron chi connectivity index (χ0n) is 10.4. The number of carbonyl (C=O) groups is 1. The molecule has 1 aromatic carbocycles. The van der Waals surface area contributed by atoms with E-state index >= 15 is 0 Å². The minimum absolute atomic E-state index is 0.123. The number of amides is 1. The molecule has 0 aliphatic rings. The average Bonchev–Trinajstić information content (AvgIpc) is 2.46. The first kappa shape index (κ1) is 13.4. The van der Waals surface area contributed by atoms with E-state index in [2.05, 4.69) is 38.3 Å². The SMILES string of the molecule is Cc1nnc(-c2ccc(C(=O)NCCS)cc2)nn1. The van der Waals surface area contributed by atoms with E-state index in [0.717, 1.165) is 5.56 Å². The number of rotatable bonds is 4. The third kappa shape index (κ3) is 3.47. The third-order valence-electron chi connectivity index (χ3n) is 2.38. The average molecular weight is 275 g/mol. The summed E-state index contributed by atoms with van der Waals surface area (Å²) in [5.41, 5.74) is 1.35. The molecule has 0 bridgehead atoms. The van der Waals surface area contributed by atoms with Crippen molar-refractivity contribution in [2.24, 2.45) is 0 Å². The Balaban J connectivity index is 2.14. The molecule has 0 radical (unpaired) electrons. The molecule has 98 valence electrons. The minimum atomic E-state index is -0.123. The van der Waals surface area contributed by atoms with Crippen LogP contribution < -0.4 is 5.32 Å². The first-order valence-corrected chi connectivity index (χ1v) is 6.37. The van der Waals surface area contributed by atoms with Gasteiger partial charge in [0.2, 0.25) is 5.82 Å². The van der Waals surface area contributed by atoms with Crippen molar-refractivity contribution in [1.82, 2.24) is 25.7 Å². The molecule has 6 nitrogen and oxygen atoms in total. The van der Waals surface area contributed by atoms with Gasteiger partial charge >= 0.3 is 0 Å². The van der Waals surface area contributed by atoms with Gasteiger partial charge in [-0.25, -0.2) is 0 Å². The number of benzene rings is 1. The van der Waals surface area contributed by atoms with Crippen LogP contribution in [0.1, 0.15) is 16.2 Å². The molecule has 0 atom stereocenters. The molecule has 0 saturated carbocycles. The lowest BCUT2D eigenvalue weighted by atomic mass is 10.1. The number of hydrogen-bond donors (Lipinski definition) is 2. The van der Waals surface area contributed by atoms with Gasteiger partial charge in [-0.1, -0.05) is 12.1 Å². The van der Waals surface area contributed by atoms with Gasteiger partial charge in [-0.3, -0.25) is 4.79 Å². The largest absolute Gasteiger partial charge is 0.351 e. The third-order valence-corrected chi connectivity index (χ3v) is 2.61. The molecule has 0 fully saturated rings. The van der Waals surface area contributed by atoms with Gasteiger partial charge in [0.1, 0.15) is 0 Å². The van der Waals surface area contributed by atoms with Crippen molar-refractivity contribution in [2.45, 2.75) is 6.92 Å². The second-order valence-corrected chi connectivity index (χ2v) is 4.27. The van der Waals surface area contributed by atoms with Crippen molar-refractivity contribution in [3.8, 4) is 11.4 Å². The monoisotopic (exact) mass is 275 g/mol. The van der Waals surface area contributed by atoms with Gasteiger partial charge in [0.25, 0.3) is 5.91 Å². The van der Waals surface area contributed by atoms with Crippen LogP contribution in [0, 0.1) is 6.92 Å². The van der Waals surface area contributed by atoms with E-state index in [0.29, 0.717) is 29.5 Å². The highest BCUT2D eigenvalue weighted by Crippen LogP contribution is 2.13. The van der Waals surface area contributed by atoms with Crippen LogP contribution in [0.25, 0.3) is 11.4 Å². The molecule has 1 aromatic heterocycles. The van der Waals surface area contributed by atoms with E-state index in [-0.39, 0.29) is 5.91 Å². The summed E-state index contributed by atoms with van der Waals surface area (Å²) in [4.78, 5) is 11.7. The van der Waals surface area contributed by atoms with Crippen LogP contribution in [0.15, 0.2) is 24.3 Å². The molecule has 1 heterocycles. The van der Waals surface area contributed by atoms with Crippen molar-refractivity contribution in [1.29, 1.82) is 0 Å². The maximum Gasteiger partial charge on any atom is 0.251 e. The summed E-state index contributed by atoms with van der Waals surface area (Å²) < 4.78 is 0. The maximum atomic E-state index is 11.7. The predicted molar refractivity (Wildman–Crippen MR) is 74.0 cm³/mol. The standard InChI is InChI=1S/C12H13N5OS/c1-8-14-16-11(17-15-8)9-2-4-10(5-3-9)12(18)13-6-7-19/h2-5,19H,6-7H2,1H3,(H,13,18). The molecule has 2 rings (SSSR count). The number of carbonyl (C=O) groups excluding carboxylic acids is 1. The summed E-state index contributed by atoms with van der Waals surface area (Å²) >= 11 is 4.03. The Labute approximate surface area is 116 Å². The molecule has 7 heteroatoms. The van der Waals surface area contributed by atoms with Crippen LogP contribution >= 0.6 is 12.6 Å². The zero-order valence-corrected chi connectivity index (χ0v) is 11.3. The van der Waals surface area contributed by atoms with E-state index in [1.807, 2.05) is 0 Å². The Bertz CT molecular complexity index is 555. The summed E-state index contributed by atoms with van der Waals surface area (Å²) in [6.07, 6.45) is 0. The van der Waals surface area contributed by atoms with Gasteiger partial charge in [-0.2, -0.15) is 12.6 Å². The Morgan fingerprint density at radius 1 is 1.16 bits per heavy atom. The van der Waals surface area contributed by atoms with E-state index in [4.69, 9.17) is 0 Å². The van der Waals surface area contributed by atoms with E-state index < -0.39 is 0 Å². The Kier molecular flexibility index (Phi) is 4.40. The first-order valence-electron chi connectivity index (χ1n) is 5.74. The Morgan fingerprint density at radius 2 is 1.79 bits per heavy atom. The lowest BCUT2D eigenvalue weighted by Gasteiger charge is -2.04. The summed E-state index contributed by atoms with van der Waals surface area (Å²) in [7, 11) is 0. The molecule has 0 aliphatic heterocycles. The molecule has 19 heavy (non-hydrogen) atoms. The lowest BCUT2D eigenvalue weighted by Crippen LogP contribution is -2.25. The Morgan fingerprint density at radius 3 is 2.37 bits per heavy atom. The number of thiol groups is 1. The summed E-state index contributed by atoms with van der Waals surface area (Å²) in [5.74, 6) is 1.44. The van der Waals surface area contributed by atoms with Crippen LogP contribution in [0.2, 0.25) is 0 Å². The Hall–Kier alpha value is -2.02. The van der Waals surface area contributed by atoms with E-state index in [1.54, 1.807) is 31.2 Å². The topological polar surface area (TPSA) is 80.7 Å². The second-order valence-electron chi connectivity index (χ2n) is 3.83. The molecular weight excluding hydrogens is 262 g/mol. The molecule has 0 aliphatic carbocycles. The molecule has 0 unspecified atom stereocenters. The quantitative estimate of drug-likeness (QED) is 0.810. The van der Waals surface area contributed by atoms with E-state index in [9.17, 15) is 4.79 Å². The smallest absolute Gasteiger partial charge is 0.251 e. The van der Waals surface area contributed by atoms with Crippen molar-refractivity contribution < 1.29 is 4.79 Å². The molecule has 2 aromatic rings. The highest BCUT2D eigenvalue weighted by Gasteiger charge is 2.07. The summed E-state index contributed by atoms with van der Waals surface area (Å²) in [6, 6.07) is 6.96. The van der Waals surface area contributed by atoms with Crippen LogP contribution in [-0.4, -0.2) is 38.6 Å². The molecule has 1 amide bonds. The van der Waals surface area contributed by atoms with Crippen molar-refractivity contribution in [3.63, 3.8) is 0 Å².